The van der Waals surface area contributed by atoms with Crippen molar-refractivity contribution in [2.24, 2.45) is 0 Å². The normalized spacial score (nSPS) is 10.1. The molecular formula is C11H9Cl2N3O. The Morgan fingerprint density at radius 3 is 2.76 bits per heavy atom. The zero-order chi connectivity index (χ0) is 12.3. The lowest BCUT2D eigenvalue weighted by molar-refractivity contribution is 0.462. The SMILES string of the molecule is CNc1nc(Oc2cccnc2)c(Cl)cc1Cl. The van der Waals surface area contributed by atoms with Gasteiger partial charge < -0.3 is 10.1 Å². The zero-order valence-electron chi connectivity index (χ0n) is 8.95. The fraction of sp³-hybridized carbons (Fsp3) is 0.0909. The number of halogens is 2. The van der Waals surface area contributed by atoms with Crippen LogP contribution in [-0.2, 0) is 0 Å². The van der Waals surface area contributed by atoms with Gasteiger partial charge in [-0.3, -0.25) is 4.98 Å². The first-order valence-electron chi connectivity index (χ1n) is 4.82. The predicted molar refractivity (Wildman–Crippen MR) is 68.1 cm³/mol. The summed E-state index contributed by atoms with van der Waals surface area (Å²) in [5.41, 5.74) is 0. The molecule has 2 aromatic rings. The first-order chi connectivity index (χ1) is 8.20. The first kappa shape index (κ1) is 12.0. The summed E-state index contributed by atoms with van der Waals surface area (Å²) >= 11 is 11.9. The molecule has 0 aliphatic rings. The fourth-order valence-electron chi connectivity index (χ4n) is 1.22. The van der Waals surface area contributed by atoms with E-state index in [0.29, 0.717) is 21.6 Å². The van der Waals surface area contributed by atoms with Gasteiger partial charge in [0.15, 0.2) is 0 Å². The van der Waals surface area contributed by atoms with Crippen molar-refractivity contribution in [2.45, 2.75) is 0 Å². The third kappa shape index (κ3) is 2.78. The number of hydrogen-bond acceptors (Lipinski definition) is 4. The Balaban J connectivity index is 2.33. The maximum atomic E-state index is 5.99. The largest absolute Gasteiger partial charge is 0.436 e. The molecule has 88 valence electrons. The number of pyridine rings is 2. The molecule has 0 aliphatic carbocycles. The average molecular weight is 270 g/mol. The highest BCUT2D eigenvalue weighted by Gasteiger charge is 2.10. The van der Waals surface area contributed by atoms with Crippen molar-refractivity contribution >= 4 is 29.0 Å². The van der Waals surface area contributed by atoms with Gasteiger partial charge in [0, 0.05) is 13.2 Å². The lowest BCUT2D eigenvalue weighted by Crippen LogP contribution is -1.96. The molecule has 1 N–H and O–H groups in total. The summed E-state index contributed by atoms with van der Waals surface area (Å²) in [6.45, 7) is 0. The van der Waals surface area contributed by atoms with Crippen molar-refractivity contribution < 1.29 is 4.74 Å². The van der Waals surface area contributed by atoms with Gasteiger partial charge in [-0.15, -0.1) is 0 Å². The molecule has 0 fully saturated rings. The van der Waals surface area contributed by atoms with Crippen molar-refractivity contribution in [3.63, 3.8) is 0 Å². The summed E-state index contributed by atoms with van der Waals surface area (Å²) < 4.78 is 5.50. The van der Waals surface area contributed by atoms with Gasteiger partial charge in [-0.1, -0.05) is 23.2 Å². The quantitative estimate of drug-likeness (QED) is 0.925. The number of ether oxygens (including phenoxy) is 1. The Morgan fingerprint density at radius 1 is 1.29 bits per heavy atom. The molecule has 0 radical (unpaired) electrons. The topological polar surface area (TPSA) is 47.0 Å². The average Bonchev–Trinajstić information content (AvgIpc) is 2.34. The van der Waals surface area contributed by atoms with E-state index in [9.17, 15) is 0 Å². The Kier molecular flexibility index (Phi) is 3.66. The number of rotatable bonds is 3. The molecule has 0 bridgehead atoms. The number of hydrogen-bond donors (Lipinski definition) is 1. The number of nitrogens with one attached hydrogen (secondary N) is 1. The first-order valence-corrected chi connectivity index (χ1v) is 5.58. The molecule has 0 atom stereocenters. The van der Waals surface area contributed by atoms with Gasteiger partial charge in [0.25, 0.3) is 0 Å². The van der Waals surface area contributed by atoms with E-state index in [1.165, 1.54) is 0 Å². The predicted octanol–water partition coefficient (Wildman–Crippen LogP) is 3.62. The number of nitrogens with zero attached hydrogens (tertiary/aromatic N) is 2. The van der Waals surface area contributed by atoms with Gasteiger partial charge in [0.05, 0.1) is 11.2 Å². The zero-order valence-corrected chi connectivity index (χ0v) is 10.5. The second-order valence-corrected chi connectivity index (χ2v) is 3.96. The molecule has 0 aliphatic heterocycles. The van der Waals surface area contributed by atoms with Crippen LogP contribution in [0.1, 0.15) is 0 Å². The molecule has 2 heterocycles. The standard InChI is InChI=1S/C11H9Cl2N3O/c1-14-10-8(12)5-9(13)11(16-10)17-7-3-2-4-15-6-7/h2-6H,1H3,(H,14,16). The second kappa shape index (κ2) is 5.21. The Hall–Kier alpha value is -1.52. The minimum atomic E-state index is 0.286. The van der Waals surface area contributed by atoms with Crippen molar-refractivity contribution in [1.82, 2.24) is 9.97 Å². The molecule has 17 heavy (non-hydrogen) atoms. The number of aromatic nitrogens is 2. The van der Waals surface area contributed by atoms with Crippen LogP contribution < -0.4 is 10.1 Å². The highest BCUT2D eigenvalue weighted by molar-refractivity contribution is 6.36. The third-order valence-electron chi connectivity index (χ3n) is 1.98. The van der Waals surface area contributed by atoms with Gasteiger partial charge in [-0.25, -0.2) is 0 Å². The van der Waals surface area contributed by atoms with E-state index < -0.39 is 0 Å². The Morgan fingerprint density at radius 2 is 2.12 bits per heavy atom. The molecule has 0 saturated carbocycles. The molecule has 6 heteroatoms. The van der Waals surface area contributed by atoms with E-state index in [0.717, 1.165) is 0 Å². The summed E-state index contributed by atoms with van der Waals surface area (Å²) in [4.78, 5) is 8.09. The minimum Gasteiger partial charge on any atom is -0.436 e. The molecule has 2 rings (SSSR count). The summed E-state index contributed by atoms with van der Waals surface area (Å²) in [5, 5.41) is 3.64. The van der Waals surface area contributed by atoms with E-state index in [2.05, 4.69) is 15.3 Å². The van der Waals surface area contributed by atoms with Gasteiger partial charge in [-0.2, -0.15) is 4.98 Å². The highest BCUT2D eigenvalue weighted by Crippen LogP contribution is 2.32. The lowest BCUT2D eigenvalue weighted by Gasteiger charge is -2.09. The monoisotopic (exact) mass is 269 g/mol. The fourth-order valence-corrected chi connectivity index (χ4v) is 1.71. The molecule has 2 aromatic heterocycles. The van der Waals surface area contributed by atoms with E-state index in [1.54, 1.807) is 37.6 Å². The third-order valence-corrected chi connectivity index (χ3v) is 2.54. The summed E-state index contributed by atoms with van der Waals surface area (Å²) in [5.74, 6) is 1.36. The molecule has 0 amide bonds. The summed E-state index contributed by atoms with van der Waals surface area (Å²) in [6.07, 6.45) is 3.23. The van der Waals surface area contributed by atoms with Crippen LogP contribution >= 0.6 is 23.2 Å². The van der Waals surface area contributed by atoms with Crippen LogP contribution in [0, 0.1) is 0 Å². The number of anilines is 1. The smallest absolute Gasteiger partial charge is 0.240 e. The van der Waals surface area contributed by atoms with E-state index in [1.807, 2.05) is 0 Å². The van der Waals surface area contributed by atoms with E-state index in [4.69, 9.17) is 27.9 Å². The Bertz CT molecular complexity index is 520. The minimum absolute atomic E-state index is 0.286. The van der Waals surface area contributed by atoms with E-state index in [-0.39, 0.29) is 5.88 Å². The Labute approximate surface area is 109 Å². The maximum absolute atomic E-state index is 5.99. The van der Waals surface area contributed by atoms with Crippen LogP contribution in [0.15, 0.2) is 30.6 Å². The van der Waals surface area contributed by atoms with Crippen LogP contribution in [0.25, 0.3) is 0 Å². The molecule has 0 unspecified atom stereocenters. The maximum Gasteiger partial charge on any atom is 0.240 e. The molecular weight excluding hydrogens is 261 g/mol. The summed E-state index contributed by atoms with van der Waals surface area (Å²) in [6, 6.07) is 5.10. The highest BCUT2D eigenvalue weighted by atomic mass is 35.5. The van der Waals surface area contributed by atoms with Crippen molar-refractivity contribution in [3.8, 4) is 11.6 Å². The molecule has 4 nitrogen and oxygen atoms in total. The molecule has 0 saturated heterocycles. The van der Waals surface area contributed by atoms with Crippen LogP contribution in [-0.4, -0.2) is 17.0 Å². The van der Waals surface area contributed by atoms with Crippen molar-refractivity contribution in [1.29, 1.82) is 0 Å². The second-order valence-electron chi connectivity index (χ2n) is 3.15. The van der Waals surface area contributed by atoms with E-state index >= 15 is 0 Å². The van der Waals surface area contributed by atoms with Crippen molar-refractivity contribution in [2.75, 3.05) is 12.4 Å². The van der Waals surface area contributed by atoms with Crippen molar-refractivity contribution in [3.05, 3.63) is 40.6 Å². The van der Waals surface area contributed by atoms with Crippen LogP contribution in [0.4, 0.5) is 5.82 Å². The van der Waals surface area contributed by atoms with Gasteiger partial charge in [-0.05, 0) is 18.2 Å². The summed E-state index contributed by atoms with van der Waals surface area (Å²) in [7, 11) is 1.72. The molecule has 0 spiro atoms. The van der Waals surface area contributed by atoms with Crippen LogP contribution in [0.5, 0.6) is 11.6 Å². The lowest BCUT2D eigenvalue weighted by atomic mass is 10.4. The van der Waals surface area contributed by atoms with Gasteiger partial charge in [0.2, 0.25) is 5.88 Å². The van der Waals surface area contributed by atoms with Gasteiger partial charge in [0.1, 0.15) is 16.6 Å². The van der Waals surface area contributed by atoms with Crippen LogP contribution in [0.3, 0.4) is 0 Å². The van der Waals surface area contributed by atoms with Crippen LogP contribution in [0.2, 0.25) is 10.0 Å². The van der Waals surface area contributed by atoms with Gasteiger partial charge >= 0.3 is 0 Å². The molecule has 0 aromatic carbocycles.